The highest BCUT2D eigenvalue weighted by Gasteiger charge is 2.16. The van der Waals surface area contributed by atoms with Crippen LogP contribution < -0.4 is 10.0 Å². The van der Waals surface area contributed by atoms with Crippen molar-refractivity contribution in [3.63, 3.8) is 0 Å². The first-order valence-electron chi connectivity index (χ1n) is 9.10. The van der Waals surface area contributed by atoms with Crippen LogP contribution in [0.3, 0.4) is 0 Å². The monoisotopic (exact) mass is 400 g/mol. The van der Waals surface area contributed by atoms with Crippen LogP contribution in [0.5, 0.6) is 0 Å². The van der Waals surface area contributed by atoms with E-state index in [1.807, 2.05) is 31.2 Å². The summed E-state index contributed by atoms with van der Waals surface area (Å²) in [5.41, 5.74) is 2.37. The molecule has 28 heavy (non-hydrogen) atoms. The van der Waals surface area contributed by atoms with Crippen LogP contribution in [-0.2, 0) is 16.6 Å². The van der Waals surface area contributed by atoms with Gasteiger partial charge in [0.25, 0.3) is 5.91 Å². The lowest BCUT2D eigenvalue weighted by atomic mass is 10.2. The number of hydrogen-bond acceptors (Lipinski definition) is 4. The number of para-hydroxylation sites is 2. The van der Waals surface area contributed by atoms with Crippen molar-refractivity contribution in [1.29, 1.82) is 0 Å². The molecule has 0 aliphatic rings. The number of amides is 1. The van der Waals surface area contributed by atoms with Gasteiger partial charge in [-0.2, -0.15) is 0 Å². The lowest BCUT2D eigenvalue weighted by Crippen LogP contribution is -2.30. The Labute approximate surface area is 164 Å². The molecule has 0 saturated carbocycles. The number of nitrogens with zero attached hydrogens (tertiary/aromatic N) is 2. The number of imidazole rings is 1. The molecule has 0 radical (unpaired) electrons. The van der Waals surface area contributed by atoms with E-state index in [9.17, 15) is 13.2 Å². The number of benzene rings is 2. The lowest BCUT2D eigenvalue weighted by molar-refractivity contribution is 0.0952. The van der Waals surface area contributed by atoms with E-state index in [4.69, 9.17) is 0 Å². The molecular weight excluding hydrogens is 376 g/mol. The molecule has 0 saturated heterocycles. The Morgan fingerprint density at radius 2 is 1.79 bits per heavy atom. The molecule has 1 heterocycles. The zero-order valence-corrected chi connectivity index (χ0v) is 17.0. The molecule has 0 bridgehead atoms. The van der Waals surface area contributed by atoms with Crippen LogP contribution in [-0.4, -0.2) is 36.5 Å². The third-order valence-corrected chi connectivity index (χ3v) is 5.96. The van der Waals surface area contributed by atoms with Crippen molar-refractivity contribution in [1.82, 2.24) is 19.6 Å². The smallest absolute Gasteiger partial charge is 0.251 e. The van der Waals surface area contributed by atoms with Crippen molar-refractivity contribution >= 4 is 27.0 Å². The molecule has 2 aromatic carbocycles. The number of aromatic nitrogens is 2. The summed E-state index contributed by atoms with van der Waals surface area (Å²) in [6.07, 6.45) is 0. The highest BCUT2D eigenvalue weighted by Crippen LogP contribution is 2.15. The van der Waals surface area contributed by atoms with E-state index in [-0.39, 0.29) is 16.8 Å². The summed E-state index contributed by atoms with van der Waals surface area (Å²) in [6, 6.07) is 13.6. The summed E-state index contributed by atoms with van der Waals surface area (Å²) >= 11 is 0. The second kappa shape index (κ2) is 8.12. The molecule has 1 amide bonds. The first kappa shape index (κ1) is 20.0. The Balaban J connectivity index is 1.63. The Hall–Kier alpha value is -2.71. The third kappa shape index (κ3) is 4.40. The van der Waals surface area contributed by atoms with Crippen LogP contribution in [0.15, 0.2) is 53.4 Å². The molecule has 3 aromatic rings. The predicted octanol–water partition coefficient (Wildman–Crippen LogP) is 2.46. The fourth-order valence-electron chi connectivity index (χ4n) is 3.03. The van der Waals surface area contributed by atoms with Crippen LogP contribution >= 0.6 is 0 Å². The highest BCUT2D eigenvalue weighted by atomic mass is 32.2. The van der Waals surface area contributed by atoms with E-state index < -0.39 is 10.0 Å². The van der Waals surface area contributed by atoms with E-state index in [0.29, 0.717) is 18.7 Å². The normalized spacial score (nSPS) is 11.9. The average molecular weight is 401 g/mol. The van der Waals surface area contributed by atoms with Gasteiger partial charge in [0.05, 0.1) is 15.9 Å². The Morgan fingerprint density at radius 1 is 1.11 bits per heavy atom. The van der Waals surface area contributed by atoms with Gasteiger partial charge in [-0.15, -0.1) is 0 Å². The number of nitrogens with one attached hydrogen (secondary N) is 2. The number of carbonyl (C=O) groups excluding carboxylic acids is 1. The van der Waals surface area contributed by atoms with Gasteiger partial charge in [0.2, 0.25) is 10.0 Å². The first-order valence-corrected chi connectivity index (χ1v) is 10.6. The van der Waals surface area contributed by atoms with Gasteiger partial charge in [0, 0.05) is 24.7 Å². The standard InChI is InChI=1S/C20H24N4O3S/c1-14(2)23-28(26,27)17-10-8-16(9-11-17)20(25)21-12-13-24-15(3)22-18-6-4-5-7-19(18)24/h4-11,14,23H,12-13H2,1-3H3,(H,21,25). The predicted molar refractivity (Wildman–Crippen MR) is 109 cm³/mol. The van der Waals surface area contributed by atoms with Gasteiger partial charge in [-0.25, -0.2) is 18.1 Å². The summed E-state index contributed by atoms with van der Waals surface area (Å²) in [7, 11) is -3.57. The summed E-state index contributed by atoms with van der Waals surface area (Å²) in [5, 5.41) is 2.87. The molecule has 0 spiro atoms. The number of carbonyl (C=O) groups is 1. The minimum absolute atomic E-state index is 0.137. The maximum absolute atomic E-state index is 12.4. The zero-order chi connectivity index (χ0) is 20.3. The number of hydrogen-bond donors (Lipinski definition) is 2. The van der Waals surface area contributed by atoms with Crippen molar-refractivity contribution in [2.45, 2.75) is 38.3 Å². The summed E-state index contributed by atoms with van der Waals surface area (Å²) in [6.45, 7) is 6.49. The van der Waals surface area contributed by atoms with Crippen LogP contribution in [0, 0.1) is 6.92 Å². The SMILES string of the molecule is Cc1nc2ccccc2n1CCNC(=O)c1ccc(S(=O)(=O)NC(C)C)cc1. The molecular formula is C20H24N4O3S. The van der Waals surface area contributed by atoms with Gasteiger partial charge in [0.15, 0.2) is 0 Å². The van der Waals surface area contributed by atoms with E-state index in [1.165, 1.54) is 24.3 Å². The van der Waals surface area contributed by atoms with Gasteiger partial charge in [-0.05, 0) is 57.2 Å². The van der Waals surface area contributed by atoms with Gasteiger partial charge in [0.1, 0.15) is 5.82 Å². The van der Waals surface area contributed by atoms with Gasteiger partial charge < -0.3 is 9.88 Å². The second-order valence-corrected chi connectivity index (χ2v) is 8.57. The number of rotatable bonds is 7. The fraction of sp³-hybridized carbons (Fsp3) is 0.300. The summed E-state index contributed by atoms with van der Waals surface area (Å²) < 4.78 is 28.9. The van der Waals surface area contributed by atoms with Crippen molar-refractivity contribution < 1.29 is 13.2 Å². The van der Waals surface area contributed by atoms with Crippen LogP contribution in [0.25, 0.3) is 11.0 Å². The Kier molecular flexibility index (Phi) is 5.81. The Bertz CT molecular complexity index is 1090. The van der Waals surface area contributed by atoms with Crippen LogP contribution in [0.1, 0.15) is 30.0 Å². The zero-order valence-electron chi connectivity index (χ0n) is 16.1. The quantitative estimate of drug-likeness (QED) is 0.637. The molecule has 0 unspecified atom stereocenters. The van der Waals surface area contributed by atoms with E-state index >= 15 is 0 Å². The molecule has 1 aromatic heterocycles. The van der Waals surface area contributed by atoms with Gasteiger partial charge in [-0.3, -0.25) is 4.79 Å². The third-order valence-electron chi connectivity index (χ3n) is 4.28. The minimum atomic E-state index is -3.57. The molecule has 0 aliphatic heterocycles. The van der Waals surface area contributed by atoms with Crippen molar-refractivity contribution in [2.24, 2.45) is 0 Å². The van der Waals surface area contributed by atoms with Crippen molar-refractivity contribution in [3.05, 3.63) is 59.9 Å². The van der Waals surface area contributed by atoms with Crippen molar-refractivity contribution in [2.75, 3.05) is 6.54 Å². The highest BCUT2D eigenvalue weighted by molar-refractivity contribution is 7.89. The molecule has 148 valence electrons. The van der Waals surface area contributed by atoms with E-state index in [2.05, 4.69) is 19.6 Å². The topological polar surface area (TPSA) is 93.1 Å². The summed E-state index contributed by atoms with van der Waals surface area (Å²) in [4.78, 5) is 17.0. The molecule has 0 fully saturated rings. The number of fused-ring (bicyclic) bond motifs is 1. The van der Waals surface area contributed by atoms with Crippen LogP contribution in [0.4, 0.5) is 0 Å². The largest absolute Gasteiger partial charge is 0.350 e. The average Bonchev–Trinajstić information content (AvgIpc) is 2.96. The summed E-state index contributed by atoms with van der Waals surface area (Å²) in [5.74, 6) is 0.644. The van der Waals surface area contributed by atoms with E-state index in [0.717, 1.165) is 16.9 Å². The van der Waals surface area contributed by atoms with Crippen molar-refractivity contribution in [3.8, 4) is 0 Å². The molecule has 7 nitrogen and oxygen atoms in total. The molecule has 8 heteroatoms. The van der Waals surface area contributed by atoms with Gasteiger partial charge in [-0.1, -0.05) is 12.1 Å². The molecule has 0 atom stereocenters. The second-order valence-electron chi connectivity index (χ2n) is 6.86. The molecule has 0 aliphatic carbocycles. The molecule has 3 rings (SSSR count). The number of aryl methyl sites for hydroxylation is 1. The van der Waals surface area contributed by atoms with Gasteiger partial charge >= 0.3 is 0 Å². The van der Waals surface area contributed by atoms with E-state index in [1.54, 1.807) is 13.8 Å². The minimum Gasteiger partial charge on any atom is -0.350 e. The fourth-order valence-corrected chi connectivity index (χ4v) is 4.28. The molecule has 2 N–H and O–H groups in total. The first-order chi connectivity index (χ1) is 13.3. The maximum Gasteiger partial charge on any atom is 0.251 e. The maximum atomic E-state index is 12.4. The lowest BCUT2D eigenvalue weighted by Gasteiger charge is -2.11. The van der Waals surface area contributed by atoms with Crippen LogP contribution in [0.2, 0.25) is 0 Å². The Morgan fingerprint density at radius 3 is 2.46 bits per heavy atom. The number of sulfonamides is 1.